The summed E-state index contributed by atoms with van der Waals surface area (Å²) in [7, 11) is 0. The minimum absolute atomic E-state index is 0.0212. The van der Waals surface area contributed by atoms with E-state index in [1.807, 2.05) is 0 Å². The molecule has 1 rings (SSSR count). The summed E-state index contributed by atoms with van der Waals surface area (Å²) in [6.45, 7) is 1.09. The molecule has 2 nitrogen and oxygen atoms in total. The van der Waals surface area contributed by atoms with Gasteiger partial charge in [0.05, 0.1) is 5.56 Å². The third kappa shape index (κ3) is 2.61. The van der Waals surface area contributed by atoms with E-state index in [-0.39, 0.29) is 11.3 Å². The van der Waals surface area contributed by atoms with Gasteiger partial charge >= 0.3 is 6.18 Å². The largest absolute Gasteiger partial charge is 0.417 e. The molecular weight excluding hydrogens is 322 g/mol. The van der Waals surface area contributed by atoms with Crippen molar-refractivity contribution in [1.29, 1.82) is 0 Å². The van der Waals surface area contributed by atoms with Crippen molar-refractivity contribution in [3.8, 4) is 0 Å². The molecule has 82 valence electrons. The molecule has 1 aromatic rings. The first-order valence-electron chi connectivity index (χ1n) is 3.90. The van der Waals surface area contributed by atoms with Gasteiger partial charge in [0.2, 0.25) is 0 Å². The minimum Gasteiger partial charge on any atom is -0.398 e. The van der Waals surface area contributed by atoms with Crippen LogP contribution in [0.1, 0.15) is 22.8 Å². The van der Waals surface area contributed by atoms with Crippen molar-refractivity contribution in [1.82, 2.24) is 0 Å². The Morgan fingerprint density at radius 3 is 2.33 bits per heavy atom. The molecule has 0 amide bonds. The predicted octanol–water partition coefficient (Wildman–Crippen LogP) is 3.09. The van der Waals surface area contributed by atoms with Gasteiger partial charge in [0.15, 0.2) is 5.78 Å². The summed E-state index contributed by atoms with van der Waals surface area (Å²) in [5.74, 6) is -0.625. The van der Waals surface area contributed by atoms with E-state index in [9.17, 15) is 18.0 Å². The molecule has 0 radical (unpaired) electrons. The lowest BCUT2D eigenvalue weighted by Gasteiger charge is -2.12. The van der Waals surface area contributed by atoms with Crippen molar-refractivity contribution >= 4 is 34.1 Å². The number of Topliss-reactive ketones (excluding diaryl/α,β-unsaturated/α-hetero) is 1. The van der Waals surface area contributed by atoms with Gasteiger partial charge in [-0.3, -0.25) is 4.79 Å². The number of anilines is 1. The van der Waals surface area contributed by atoms with Crippen LogP contribution in [0.15, 0.2) is 12.1 Å². The number of nitrogen functional groups attached to an aromatic ring is 1. The summed E-state index contributed by atoms with van der Waals surface area (Å²) in [6.07, 6.45) is -4.56. The second-order valence-electron chi connectivity index (χ2n) is 2.97. The Kier molecular flexibility index (Phi) is 3.27. The maximum atomic E-state index is 12.5. The van der Waals surface area contributed by atoms with E-state index < -0.39 is 17.5 Å². The molecule has 0 spiro atoms. The number of alkyl halides is 3. The van der Waals surface area contributed by atoms with Crippen LogP contribution < -0.4 is 5.73 Å². The van der Waals surface area contributed by atoms with Crippen molar-refractivity contribution < 1.29 is 18.0 Å². The van der Waals surface area contributed by atoms with Crippen LogP contribution in [0.2, 0.25) is 0 Å². The van der Waals surface area contributed by atoms with Crippen LogP contribution in [0.4, 0.5) is 18.9 Å². The quantitative estimate of drug-likeness (QED) is 0.489. The fourth-order valence-corrected chi connectivity index (χ4v) is 1.58. The van der Waals surface area contributed by atoms with Gasteiger partial charge in [0, 0.05) is 14.8 Å². The second-order valence-corrected chi connectivity index (χ2v) is 4.14. The van der Waals surface area contributed by atoms with Gasteiger partial charge in [-0.05, 0) is 41.6 Å². The number of benzene rings is 1. The Hall–Kier alpha value is -0.790. The third-order valence-corrected chi connectivity index (χ3v) is 2.76. The lowest BCUT2D eigenvalue weighted by atomic mass is 10.0. The van der Waals surface area contributed by atoms with Crippen molar-refractivity contribution in [2.24, 2.45) is 0 Å². The molecular formula is C9H7F3INO. The average Bonchev–Trinajstić information content (AvgIpc) is 2.06. The first kappa shape index (κ1) is 12.3. The molecule has 1 aromatic carbocycles. The normalized spacial score (nSPS) is 11.5. The highest BCUT2D eigenvalue weighted by Gasteiger charge is 2.35. The Morgan fingerprint density at radius 2 is 1.93 bits per heavy atom. The van der Waals surface area contributed by atoms with E-state index in [4.69, 9.17) is 5.73 Å². The van der Waals surface area contributed by atoms with E-state index in [1.165, 1.54) is 0 Å². The Labute approximate surface area is 97.8 Å². The summed E-state index contributed by atoms with van der Waals surface area (Å²) in [4.78, 5) is 11.0. The zero-order chi connectivity index (χ0) is 11.8. The number of halogens is 4. The summed E-state index contributed by atoms with van der Waals surface area (Å²) in [5.41, 5.74) is 4.06. The van der Waals surface area contributed by atoms with E-state index in [0.29, 0.717) is 3.57 Å². The zero-order valence-corrected chi connectivity index (χ0v) is 9.81. The van der Waals surface area contributed by atoms with Crippen LogP contribution >= 0.6 is 22.6 Å². The van der Waals surface area contributed by atoms with E-state index in [1.54, 1.807) is 22.6 Å². The first-order valence-corrected chi connectivity index (χ1v) is 4.98. The van der Waals surface area contributed by atoms with Crippen molar-refractivity contribution in [2.45, 2.75) is 13.1 Å². The molecule has 0 saturated heterocycles. The van der Waals surface area contributed by atoms with Crippen molar-refractivity contribution in [2.75, 3.05) is 5.73 Å². The van der Waals surface area contributed by atoms with Gasteiger partial charge in [-0.1, -0.05) is 0 Å². The van der Waals surface area contributed by atoms with Crippen LogP contribution in [0.25, 0.3) is 0 Å². The van der Waals surface area contributed by atoms with Gasteiger partial charge in [0.1, 0.15) is 0 Å². The van der Waals surface area contributed by atoms with Crippen molar-refractivity contribution in [3.05, 3.63) is 26.8 Å². The summed E-state index contributed by atoms with van der Waals surface area (Å²) < 4.78 is 38.0. The fraction of sp³-hybridized carbons (Fsp3) is 0.222. The average molecular weight is 329 g/mol. The molecule has 0 saturated carbocycles. The van der Waals surface area contributed by atoms with Crippen LogP contribution in [-0.2, 0) is 6.18 Å². The van der Waals surface area contributed by atoms with Gasteiger partial charge in [-0.2, -0.15) is 13.2 Å². The highest BCUT2D eigenvalue weighted by atomic mass is 127. The lowest BCUT2D eigenvalue weighted by Crippen LogP contribution is -2.13. The van der Waals surface area contributed by atoms with Gasteiger partial charge in [-0.15, -0.1) is 0 Å². The summed E-state index contributed by atoms with van der Waals surface area (Å²) in [5, 5.41) is 0. The van der Waals surface area contributed by atoms with Crippen molar-refractivity contribution in [3.63, 3.8) is 0 Å². The number of nitrogens with two attached hydrogens (primary N) is 1. The number of rotatable bonds is 1. The van der Waals surface area contributed by atoms with Crippen LogP contribution in [-0.4, -0.2) is 5.78 Å². The molecule has 0 aliphatic carbocycles. The van der Waals surface area contributed by atoms with E-state index in [0.717, 1.165) is 19.1 Å². The molecule has 0 aromatic heterocycles. The maximum absolute atomic E-state index is 12.5. The zero-order valence-electron chi connectivity index (χ0n) is 7.65. The lowest BCUT2D eigenvalue weighted by molar-refractivity contribution is -0.137. The maximum Gasteiger partial charge on any atom is 0.417 e. The highest BCUT2D eigenvalue weighted by molar-refractivity contribution is 14.1. The van der Waals surface area contributed by atoms with Gasteiger partial charge in [-0.25, -0.2) is 0 Å². The molecule has 6 heteroatoms. The molecule has 2 N–H and O–H groups in total. The summed E-state index contributed by atoms with van der Waals surface area (Å²) in [6, 6.07) is 1.94. The van der Waals surface area contributed by atoms with Gasteiger partial charge < -0.3 is 5.73 Å². The monoisotopic (exact) mass is 329 g/mol. The SMILES string of the molecule is CC(=O)c1cc(I)c(N)cc1C(F)(F)F. The molecule has 0 fully saturated rings. The molecule has 0 atom stereocenters. The molecule has 0 aliphatic heterocycles. The number of ketones is 1. The van der Waals surface area contributed by atoms with E-state index in [2.05, 4.69) is 0 Å². The third-order valence-electron chi connectivity index (χ3n) is 1.82. The molecule has 0 unspecified atom stereocenters. The molecule has 0 heterocycles. The highest BCUT2D eigenvalue weighted by Crippen LogP contribution is 2.35. The Balaban J connectivity index is 3.49. The van der Waals surface area contributed by atoms with Crippen LogP contribution in [0.5, 0.6) is 0 Å². The number of hydrogen-bond acceptors (Lipinski definition) is 2. The molecule has 0 bridgehead atoms. The fourth-order valence-electron chi connectivity index (χ4n) is 1.12. The number of carbonyl (C=O) groups is 1. The first-order chi connectivity index (χ1) is 6.73. The Bertz CT molecular complexity index is 415. The predicted molar refractivity (Wildman–Crippen MR) is 58.6 cm³/mol. The van der Waals surface area contributed by atoms with Crippen LogP contribution in [0.3, 0.4) is 0 Å². The molecule has 0 aliphatic rings. The smallest absolute Gasteiger partial charge is 0.398 e. The number of hydrogen-bond donors (Lipinski definition) is 1. The van der Waals surface area contributed by atoms with Crippen LogP contribution in [0, 0.1) is 3.57 Å². The summed E-state index contributed by atoms with van der Waals surface area (Å²) >= 11 is 1.78. The minimum atomic E-state index is -4.56. The second kappa shape index (κ2) is 3.99. The standard InChI is InChI=1S/C9H7F3INO/c1-4(15)5-2-7(13)8(14)3-6(5)9(10,11)12/h2-3H,14H2,1H3. The number of carbonyl (C=O) groups excluding carboxylic acids is 1. The topological polar surface area (TPSA) is 43.1 Å². The van der Waals surface area contributed by atoms with Gasteiger partial charge in [0.25, 0.3) is 0 Å². The molecule has 15 heavy (non-hydrogen) atoms. The van der Waals surface area contributed by atoms with E-state index >= 15 is 0 Å². The Morgan fingerprint density at radius 1 is 1.40 bits per heavy atom.